The molecule has 0 saturated carbocycles. The first-order valence-electron chi connectivity index (χ1n) is 9.14. The highest BCUT2D eigenvalue weighted by molar-refractivity contribution is 5.96. The topological polar surface area (TPSA) is 105 Å². The number of hydrogen-bond donors (Lipinski definition) is 2. The van der Waals surface area contributed by atoms with Crippen LogP contribution in [0.1, 0.15) is 32.5 Å². The van der Waals surface area contributed by atoms with Crippen LogP contribution in [-0.4, -0.2) is 63.0 Å². The first kappa shape index (κ1) is 18.2. The van der Waals surface area contributed by atoms with E-state index < -0.39 is 0 Å². The van der Waals surface area contributed by atoms with E-state index in [0.29, 0.717) is 32.1 Å². The number of nitrogens with one attached hydrogen (secondary N) is 2. The molecular weight excluding hydrogens is 360 g/mol. The van der Waals surface area contributed by atoms with E-state index in [1.54, 1.807) is 22.8 Å². The fourth-order valence-corrected chi connectivity index (χ4v) is 3.27. The van der Waals surface area contributed by atoms with Crippen LogP contribution >= 0.6 is 0 Å². The number of aryl methyl sites for hydroxylation is 1. The van der Waals surface area contributed by atoms with Gasteiger partial charge in [0.25, 0.3) is 11.8 Å². The van der Waals surface area contributed by atoms with Gasteiger partial charge in [-0.15, -0.1) is 0 Å². The van der Waals surface area contributed by atoms with Crippen LogP contribution in [0.2, 0.25) is 0 Å². The van der Waals surface area contributed by atoms with Crippen molar-refractivity contribution in [3.63, 3.8) is 0 Å². The maximum Gasteiger partial charge on any atom is 0.290 e. The van der Waals surface area contributed by atoms with E-state index in [-0.39, 0.29) is 29.9 Å². The van der Waals surface area contributed by atoms with E-state index >= 15 is 0 Å². The van der Waals surface area contributed by atoms with Crippen molar-refractivity contribution < 1.29 is 14.3 Å². The maximum atomic E-state index is 12.5. The number of fused-ring (bicyclic) bond motifs is 2. The number of imidazole rings is 2. The highest BCUT2D eigenvalue weighted by Crippen LogP contribution is 2.15. The van der Waals surface area contributed by atoms with Crippen LogP contribution in [0, 0.1) is 6.92 Å². The highest BCUT2D eigenvalue weighted by Gasteiger charge is 2.28. The number of aromatic amines is 1. The largest absolute Gasteiger partial charge is 0.383 e. The second kappa shape index (κ2) is 7.43. The molecule has 0 aliphatic carbocycles. The number of methoxy groups -OCH3 is 1. The molecule has 146 valence electrons. The number of aromatic nitrogens is 4. The molecule has 4 rings (SSSR count). The zero-order chi connectivity index (χ0) is 19.7. The molecule has 9 nitrogen and oxygen atoms in total. The van der Waals surface area contributed by atoms with E-state index in [2.05, 4.69) is 20.3 Å². The summed E-state index contributed by atoms with van der Waals surface area (Å²) in [7, 11) is 1.60. The molecule has 1 aromatic carbocycles. The lowest BCUT2D eigenvalue weighted by Crippen LogP contribution is -2.42. The standard InChI is InChI=1S/C19H22N6O3/c1-12-3-4-13-14(9-12)22-16(21-13)10-20-18(26)15-11-25-6-5-24(7-8-28-2)19(27)17(25)23-15/h3-4,9,11H,5-8,10H2,1-2H3,(H,20,26)(H,21,22). The Morgan fingerprint density at radius 1 is 1.32 bits per heavy atom. The van der Waals surface area contributed by atoms with Crippen LogP contribution in [0.5, 0.6) is 0 Å². The minimum absolute atomic E-state index is 0.185. The number of ether oxygens (including phenoxy) is 1. The van der Waals surface area contributed by atoms with Crippen LogP contribution < -0.4 is 5.32 Å². The normalized spacial score (nSPS) is 13.8. The number of hydrogen-bond acceptors (Lipinski definition) is 5. The molecule has 3 aromatic rings. The number of H-pyrrole nitrogens is 1. The van der Waals surface area contributed by atoms with Gasteiger partial charge in [0.05, 0.1) is 24.2 Å². The number of carbonyl (C=O) groups is 2. The zero-order valence-corrected chi connectivity index (χ0v) is 15.9. The molecule has 0 bridgehead atoms. The van der Waals surface area contributed by atoms with Crippen LogP contribution in [0.25, 0.3) is 11.0 Å². The number of nitrogens with zero attached hydrogens (tertiary/aromatic N) is 4. The van der Waals surface area contributed by atoms with Gasteiger partial charge in [-0.2, -0.15) is 0 Å². The molecule has 0 unspecified atom stereocenters. The average Bonchev–Trinajstić information content (AvgIpc) is 3.29. The van der Waals surface area contributed by atoms with Gasteiger partial charge in [-0.05, 0) is 24.6 Å². The van der Waals surface area contributed by atoms with Gasteiger partial charge in [-0.25, -0.2) is 9.97 Å². The Bertz CT molecular complexity index is 1040. The Labute approximate surface area is 161 Å². The summed E-state index contributed by atoms with van der Waals surface area (Å²) in [6.45, 7) is 4.42. The Hall–Kier alpha value is -3.20. The minimum Gasteiger partial charge on any atom is -0.383 e. The zero-order valence-electron chi connectivity index (χ0n) is 15.9. The summed E-state index contributed by atoms with van der Waals surface area (Å²) in [5.74, 6) is 0.427. The smallest absolute Gasteiger partial charge is 0.290 e. The predicted octanol–water partition coefficient (Wildman–Crippen LogP) is 1.10. The van der Waals surface area contributed by atoms with Gasteiger partial charge in [0.2, 0.25) is 0 Å². The van der Waals surface area contributed by atoms with E-state index in [1.165, 1.54) is 0 Å². The molecule has 2 amide bonds. The molecule has 1 aliphatic heterocycles. The summed E-state index contributed by atoms with van der Waals surface area (Å²) in [5.41, 5.74) is 3.15. The van der Waals surface area contributed by atoms with Gasteiger partial charge in [0.15, 0.2) is 5.82 Å². The fourth-order valence-electron chi connectivity index (χ4n) is 3.27. The molecule has 3 heterocycles. The maximum absolute atomic E-state index is 12.5. The van der Waals surface area contributed by atoms with Crippen molar-refractivity contribution in [2.75, 3.05) is 26.8 Å². The van der Waals surface area contributed by atoms with Crippen LogP contribution in [0.15, 0.2) is 24.4 Å². The molecule has 0 spiro atoms. The molecule has 2 aromatic heterocycles. The van der Waals surface area contributed by atoms with Crippen molar-refractivity contribution in [2.45, 2.75) is 20.0 Å². The molecule has 0 radical (unpaired) electrons. The summed E-state index contributed by atoms with van der Waals surface area (Å²) in [5, 5.41) is 2.81. The van der Waals surface area contributed by atoms with E-state index in [1.807, 2.05) is 25.1 Å². The summed E-state index contributed by atoms with van der Waals surface area (Å²) < 4.78 is 6.76. The van der Waals surface area contributed by atoms with Gasteiger partial charge >= 0.3 is 0 Å². The first-order valence-corrected chi connectivity index (χ1v) is 9.14. The van der Waals surface area contributed by atoms with Crippen molar-refractivity contribution in [2.24, 2.45) is 0 Å². The summed E-state index contributed by atoms with van der Waals surface area (Å²) in [6.07, 6.45) is 1.62. The van der Waals surface area contributed by atoms with Crippen LogP contribution in [0.4, 0.5) is 0 Å². The van der Waals surface area contributed by atoms with Gasteiger partial charge in [0, 0.05) is 32.9 Å². The third-order valence-corrected chi connectivity index (χ3v) is 4.77. The van der Waals surface area contributed by atoms with Crippen molar-refractivity contribution in [1.82, 2.24) is 29.7 Å². The van der Waals surface area contributed by atoms with Crippen molar-refractivity contribution >= 4 is 22.8 Å². The van der Waals surface area contributed by atoms with Crippen molar-refractivity contribution in [3.05, 3.63) is 47.3 Å². The second-order valence-electron chi connectivity index (χ2n) is 6.81. The predicted molar refractivity (Wildman–Crippen MR) is 102 cm³/mol. The van der Waals surface area contributed by atoms with E-state index in [9.17, 15) is 9.59 Å². The quantitative estimate of drug-likeness (QED) is 0.664. The monoisotopic (exact) mass is 382 g/mol. The van der Waals surface area contributed by atoms with Crippen LogP contribution in [0.3, 0.4) is 0 Å². The van der Waals surface area contributed by atoms with E-state index in [4.69, 9.17) is 4.74 Å². The fraction of sp³-hybridized carbons (Fsp3) is 0.368. The lowest BCUT2D eigenvalue weighted by atomic mass is 10.2. The number of amides is 2. The molecule has 28 heavy (non-hydrogen) atoms. The summed E-state index contributed by atoms with van der Waals surface area (Å²) in [6, 6.07) is 5.95. The molecule has 0 fully saturated rings. The molecule has 2 N–H and O–H groups in total. The van der Waals surface area contributed by atoms with Gasteiger partial charge in [0.1, 0.15) is 11.5 Å². The molecule has 9 heteroatoms. The Morgan fingerprint density at radius 3 is 3.00 bits per heavy atom. The van der Waals surface area contributed by atoms with Crippen LogP contribution in [-0.2, 0) is 17.8 Å². The van der Waals surface area contributed by atoms with Gasteiger partial charge in [-0.3, -0.25) is 9.59 Å². The van der Waals surface area contributed by atoms with Gasteiger partial charge < -0.3 is 24.5 Å². The summed E-state index contributed by atoms with van der Waals surface area (Å²) >= 11 is 0. The Kier molecular flexibility index (Phi) is 4.82. The number of benzene rings is 1. The first-order chi connectivity index (χ1) is 13.5. The number of rotatable bonds is 6. The summed E-state index contributed by atoms with van der Waals surface area (Å²) in [4.78, 5) is 38.6. The molecule has 0 saturated heterocycles. The highest BCUT2D eigenvalue weighted by atomic mass is 16.5. The number of carbonyl (C=O) groups excluding carboxylic acids is 2. The Balaban J connectivity index is 1.43. The minimum atomic E-state index is -0.338. The van der Waals surface area contributed by atoms with Crippen molar-refractivity contribution in [3.8, 4) is 0 Å². The van der Waals surface area contributed by atoms with Gasteiger partial charge in [-0.1, -0.05) is 6.07 Å². The second-order valence-corrected chi connectivity index (χ2v) is 6.81. The average molecular weight is 382 g/mol. The van der Waals surface area contributed by atoms with Crippen molar-refractivity contribution in [1.29, 1.82) is 0 Å². The third-order valence-electron chi connectivity index (χ3n) is 4.77. The Morgan fingerprint density at radius 2 is 2.18 bits per heavy atom. The lowest BCUT2D eigenvalue weighted by molar-refractivity contribution is 0.0633. The van der Waals surface area contributed by atoms with E-state index in [0.717, 1.165) is 16.6 Å². The molecule has 0 atom stereocenters. The molecular formula is C19H22N6O3. The third kappa shape index (κ3) is 3.48. The molecule has 1 aliphatic rings. The SMILES string of the molecule is COCCN1CCn2cc(C(=O)NCc3nc4ccc(C)cc4[nH]3)nc2C1=O. The lowest BCUT2D eigenvalue weighted by Gasteiger charge is -2.26.